The third-order valence-corrected chi connectivity index (χ3v) is 5.46. The predicted molar refractivity (Wildman–Crippen MR) is 115 cm³/mol. The number of aryl methyl sites for hydroxylation is 2. The number of hydrogen-bond donors (Lipinski definition) is 2. The minimum absolute atomic E-state index is 0.0126. The first-order valence-electron chi connectivity index (χ1n) is 9.21. The summed E-state index contributed by atoms with van der Waals surface area (Å²) < 4.78 is 1.65. The number of rotatable bonds is 7. The lowest BCUT2D eigenvalue weighted by atomic mass is 10.2. The van der Waals surface area contributed by atoms with Crippen molar-refractivity contribution in [3.63, 3.8) is 0 Å². The number of hydrogen-bond acceptors (Lipinski definition) is 6. The average Bonchev–Trinajstić information content (AvgIpc) is 3.41. The van der Waals surface area contributed by atoms with Crippen molar-refractivity contribution in [3.05, 3.63) is 76.7 Å². The molecule has 7 nitrogen and oxygen atoms in total. The first-order chi connectivity index (χ1) is 14.2. The van der Waals surface area contributed by atoms with Gasteiger partial charge in [-0.2, -0.15) is 5.10 Å². The predicted octanol–water partition coefficient (Wildman–Crippen LogP) is 4.35. The summed E-state index contributed by atoms with van der Waals surface area (Å²) in [6.07, 6.45) is 4.74. The van der Waals surface area contributed by atoms with Crippen LogP contribution in [-0.4, -0.2) is 25.9 Å². The second-order valence-corrected chi connectivity index (χ2v) is 7.51. The third-order valence-electron chi connectivity index (χ3n) is 4.38. The van der Waals surface area contributed by atoms with Crippen LogP contribution >= 0.6 is 11.3 Å². The molecule has 0 atom stereocenters. The van der Waals surface area contributed by atoms with E-state index in [0.29, 0.717) is 18.1 Å². The van der Waals surface area contributed by atoms with Crippen molar-refractivity contribution in [2.75, 3.05) is 10.6 Å². The molecule has 0 bridgehead atoms. The molecule has 0 spiro atoms. The molecule has 0 fully saturated rings. The third kappa shape index (κ3) is 4.85. The second-order valence-electron chi connectivity index (χ2n) is 6.50. The Morgan fingerprint density at radius 3 is 2.55 bits per heavy atom. The maximum absolute atomic E-state index is 12.2. The van der Waals surface area contributed by atoms with Crippen molar-refractivity contribution >= 4 is 34.4 Å². The standard InChI is InChI=1S/C21H20N6OS/c1-15-11-14-29-18(15)7-10-21(28)24-17-5-3-16(4-6-17)23-19-8-9-20(26-25-19)27-13-2-12-22-27/h2-6,8-9,11-14H,7,10H2,1H3,(H,23,25)(H,24,28). The molecule has 3 aromatic heterocycles. The molecule has 4 rings (SSSR count). The van der Waals surface area contributed by atoms with Crippen molar-refractivity contribution in [2.45, 2.75) is 19.8 Å². The molecule has 1 amide bonds. The smallest absolute Gasteiger partial charge is 0.224 e. The Morgan fingerprint density at radius 2 is 1.90 bits per heavy atom. The Hall–Kier alpha value is -3.52. The maximum atomic E-state index is 12.2. The monoisotopic (exact) mass is 404 g/mol. The molecule has 0 aliphatic carbocycles. The van der Waals surface area contributed by atoms with E-state index in [1.807, 2.05) is 48.7 Å². The maximum Gasteiger partial charge on any atom is 0.224 e. The highest BCUT2D eigenvalue weighted by Gasteiger charge is 2.06. The molecule has 146 valence electrons. The van der Waals surface area contributed by atoms with E-state index in [2.05, 4.69) is 44.3 Å². The molecule has 0 radical (unpaired) electrons. The summed E-state index contributed by atoms with van der Waals surface area (Å²) >= 11 is 1.70. The largest absolute Gasteiger partial charge is 0.339 e. The van der Waals surface area contributed by atoms with Crippen molar-refractivity contribution in [3.8, 4) is 5.82 Å². The van der Waals surface area contributed by atoms with Crippen LogP contribution < -0.4 is 10.6 Å². The molecule has 0 unspecified atom stereocenters. The molecule has 1 aromatic carbocycles. The van der Waals surface area contributed by atoms with Gasteiger partial charge >= 0.3 is 0 Å². The zero-order chi connectivity index (χ0) is 20.1. The van der Waals surface area contributed by atoms with Gasteiger partial charge in [-0.15, -0.1) is 21.5 Å². The Labute approximate surface area is 172 Å². The number of carbonyl (C=O) groups excluding carboxylic acids is 1. The highest BCUT2D eigenvalue weighted by molar-refractivity contribution is 7.10. The Bertz CT molecular complexity index is 1070. The van der Waals surface area contributed by atoms with Gasteiger partial charge in [0.15, 0.2) is 11.6 Å². The van der Waals surface area contributed by atoms with Crippen molar-refractivity contribution in [2.24, 2.45) is 0 Å². The highest BCUT2D eigenvalue weighted by Crippen LogP contribution is 2.20. The van der Waals surface area contributed by atoms with E-state index in [-0.39, 0.29) is 5.91 Å². The van der Waals surface area contributed by atoms with Gasteiger partial charge in [0.1, 0.15) is 0 Å². The van der Waals surface area contributed by atoms with Gasteiger partial charge in [-0.3, -0.25) is 4.79 Å². The number of thiophene rings is 1. The molecule has 2 N–H and O–H groups in total. The summed E-state index contributed by atoms with van der Waals surface area (Å²) in [6, 6.07) is 15.1. The van der Waals surface area contributed by atoms with E-state index in [0.717, 1.165) is 17.8 Å². The van der Waals surface area contributed by atoms with Crippen LogP contribution in [-0.2, 0) is 11.2 Å². The van der Waals surface area contributed by atoms with Crippen LogP contribution in [0.3, 0.4) is 0 Å². The van der Waals surface area contributed by atoms with E-state index >= 15 is 0 Å². The zero-order valence-electron chi connectivity index (χ0n) is 15.9. The Morgan fingerprint density at radius 1 is 1.07 bits per heavy atom. The minimum Gasteiger partial charge on any atom is -0.339 e. The quantitative estimate of drug-likeness (QED) is 0.478. The van der Waals surface area contributed by atoms with E-state index in [9.17, 15) is 4.79 Å². The zero-order valence-corrected chi connectivity index (χ0v) is 16.7. The van der Waals surface area contributed by atoms with Crippen molar-refractivity contribution in [1.29, 1.82) is 0 Å². The SMILES string of the molecule is Cc1ccsc1CCC(=O)Nc1ccc(Nc2ccc(-n3cccn3)nn2)cc1. The molecule has 0 saturated heterocycles. The molecular weight excluding hydrogens is 384 g/mol. The summed E-state index contributed by atoms with van der Waals surface area (Å²) in [5.41, 5.74) is 2.88. The lowest BCUT2D eigenvalue weighted by molar-refractivity contribution is -0.116. The summed E-state index contributed by atoms with van der Waals surface area (Å²) in [4.78, 5) is 13.4. The molecule has 8 heteroatoms. The van der Waals surface area contributed by atoms with Gasteiger partial charge in [0.25, 0.3) is 0 Å². The van der Waals surface area contributed by atoms with Crippen molar-refractivity contribution < 1.29 is 4.79 Å². The summed E-state index contributed by atoms with van der Waals surface area (Å²) in [6.45, 7) is 2.07. The summed E-state index contributed by atoms with van der Waals surface area (Å²) in [7, 11) is 0. The van der Waals surface area contributed by atoms with Crippen LogP contribution in [0.5, 0.6) is 0 Å². The molecule has 3 heterocycles. The summed E-state index contributed by atoms with van der Waals surface area (Å²) in [5.74, 6) is 1.29. The molecular formula is C21H20N6OS. The molecule has 0 aliphatic heterocycles. The van der Waals surface area contributed by atoms with Gasteiger partial charge in [-0.25, -0.2) is 4.68 Å². The fraction of sp³-hybridized carbons (Fsp3) is 0.143. The fourth-order valence-electron chi connectivity index (χ4n) is 2.81. The van der Waals surface area contributed by atoms with E-state index < -0.39 is 0 Å². The van der Waals surface area contributed by atoms with Crippen LogP contribution in [0, 0.1) is 6.92 Å². The number of nitrogens with zero attached hydrogens (tertiary/aromatic N) is 4. The van der Waals surface area contributed by atoms with Gasteiger partial charge in [0.2, 0.25) is 5.91 Å². The number of anilines is 3. The van der Waals surface area contributed by atoms with Crippen LogP contribution in [0.25, 0.3) is 5.82 Å². The topological polar surface area (TPSA) is 84.7 Å². The Balaban J connectivity index is 1.30. The van der Waals surface area contributed by atoms with Crippen LogP contribution in [0.1, 0.15) is 16.9 Å². The lowest BCUT2D eigenvalue weighted by Gasteiger charge is -2.08. The molecule has 0 aliphatic rings. The Kier molecular flexibility index (Phi) is 5.62. The highest BCUT2D eigenvalue weighted by atomic mass is 32.1. The number of carbonyl (C=O) groups is 1. The average molecular weight is 404 g/mol. The second kappa shape index (κ2) is 8.66. The van der Waals surface area contributed by atoms with Gasteiger partial charge < -0.3 is 10.6 Å². The first kappa shape index (κ1) is 18.8. The first-order valence-corrected chi connectivity index (χ1v) is 10.1. The lowest BCUT2D eigenvalue weighted by Crippen LogP contribution is -2.12. The van der Waals surface area contributed by atoms with E-state index in [4.69, 9.17) is 0 Å². The number of benzene rings is 1. The van der Waals surface area contributed by atoms with Crippen molar-refractivity contribution in [1.82, 2.24) is 20.0 Å². The van der Waals surface area contributed by atoms with E-state index in [1.165, 1.54) is 10.4 Å². The van der Waals surface area contributed by atoms with Crippen LogP contribution in [0.2, 0.25) is 0 Å². The molecule has 4 aromatic rings. The molecule has 0 saturated carbocycles. The summed E-state index contributed by atoms with van der Waals surface area (Å²) in [5, 5.41) is 20.6. The van der Waals surface area contributed by atoms with Gasteiger partial charge in [0.05, 0.1) is 0 Å². The molecule has 29 heavy (non-hydrogen) atoms. The van der Waals surface area contributed by atoms with E-state index in [1.54, 1.807) is 22.2 Å². The fourth-order valence-corrected chi connectivity index (χ4v) is 3.72. The van der Waals surface area contributed by atoms with Crippen LogP contribution in [0.15, 0.2) is 66.3 Å². The normalized spacial score (nSPS) is 10.7. The van der Waals surface area contributed by atoms with Crippen LogP contribution in [0.4, 0.5) is 17.2 Å². The van der Waals surface area contributed by atoms with Gasteiger partial charge in [-0.05, 0) is 72.8 Å². The minimum atomic E-state index is 0.0126. The van der Waals surface area contributed by atoms with Gasteiger partial charge in [0, 0.05) is 35.1 Å². The number of amides is 1. The van der Waals surface area contributed by atoms with Gasteiger partial charge in [-0.1, -0.05) is 0 Å². The number of aromatic nitrogens is 4. The number of nitrogens with one attached hydrogen (secondary N) is 2.